The van der Waals surface area contributed by atoms with E-state index in [0.29, 0.717) is 18.8 Å². The third-order valence-electron chi connectivity index (χ3n) is 3.11. The highest BCUT2D eigenvalue weighted by molar-refractivity contribution is 5.81. The normalized spacial score (nSPS) is 19.9. The van der Waals surface area contributed by atoms with Crippen LogP contribution in [0, 0.1) is 5.92 Å². The summed E-state index contributed by atoms with van der Waals surface area (Å²) >= 11 is 0. The molecule has 1 saturated heterocycles. The van der Waals surface area contributed by atoms with Gasteiger partial charge in [-0.15, -0.1) is 0 Å². The molecule has 3 heteroatoms. The molecule has 1 fully saturated rings. The largest absolute Gasteiger partial charge is 0.493 e. The molecule has 1 aromatic rings. The molecule has 1 unspecified atom stereocenters. The number of hydrogen-bond donors (Lipinski definition) is 1. The SMILES string of the molecule is O=C(CCOc1ccccc1)C1CCCNC1. The number of rotatable bonds is 5. The van der Waals surface area contributed by atoms with Crippen LogP contribution in [-0.2, 0) is 4.79 Å². The van der Waals surface area contributed by atoms with E-state index in [4.69, 9.17) is 4.74 Å². The summed E-state index contributed by atoms with van der Waals surface area (Å²) in [7, 11) is 0. The van der Waals surface area contributed by atoms with Gasteiger partial charge < -0.3 is 10.1 Å². The Morgan fingerprint density at radius 2 is 2.18 bits per heavy atom. The molecule has 0 bridgehead atoms. The van der Waals surface area contributed by atoms with Gasteiger partial charge in [0.05, 0.1) is 6.61 Å². The summed E-state index contributed by atoms with van der Waals surface area (Å²) in [5.74, 6) is 1.36. The second-order valence-corrected chi connectivity index (χ2v) is 4.42. The summed E-state index contributed by atoms with van der Waals surface area (Å²) in [6.07, 6.45) is 2.65. The molecule has 0 saturated carbocycles. The number of carbonyl (C=O) groups is 1. The molecule has 0 radical (unpaired) electrons. The number of carbonyl (C=O) groups excluding carboxylic acids is 1. The average molecular weight is 233 g/mol. The van der Waals surface area contributed by atoms with Gasteiger partial charge in [0.1, 0.15) is 11.5 Å². The van der Waals surface area contributed by atoms with Crippen LogP contribution in [0.1, 0.15) is 19.3 Å². The molecular formula is C14H19NO2. The topological polar surface area (TPSA) is 38.3 Å². The van der Waals surface area contributed by atoms with Gasteiger partial charge in [-0.1, -0.05) is 18.2 Å². The van der Waals surface area contributed by atoms with Crippen LogP contribution < -0.4 is 10.1 Å². The number of ether oxygens (including phenoxy) is 1. The first kappa shape index (κ1) is 12.1. The zero-order valence-electron chi connectivity index (χ0n) is 10.0. The molecule has 3 nitrogen and oxygen atoms in total. The molecule has 92 valence electrons. The van der Waals surface area contributed by atoms with Gasteiger partial charge in [-0.05, 0) is 31.5 Å². The lowest BCUT2D eigenvalue weighted by molar-refractivity contribution is -0.123. The van der Waals surface area contributed by atoms with Crippen LogP contribution in [0.2, 0.25) is 0 Å². The van der Waals surface area contributed by atoms with E-state index < -0.39 is 0 Å². The smallest absolute Gasteiger partial charge is 0.140 e. The first-order valence-electron chi connectivity index (χ1n) is 6.27. The first-order chi connectivity index (χ1) is 8.36. The Balaban J connectivity index is 1.69. The minimum Gasteiger partial charge on any atom is -0.493 e. The average Bonchev–Trinajstić information content (AvgIpc) is 2.41. The lowest BCUT2D eigenvalue weighted by Crippen LogP contribution is -2.34. The predicted molar refractivity (Wildman–Crippen MR) is 67.2 cm³/mol. The van der Waals surface area contributed by atoms with Crippen LogP contribution in [0.3, 0.4) is 0 Å². The van der Waals surface area contributed by atoms with Crippen molar-refractivity contribution in [3.63, 3.8) is 0 Å². The van der Waals surface area contributed by atoms with Crippen molar-refractivity contribution < 1.29 is 9.53 Å². The van der Waals surface area contributed by atoms with Gasteiger partial charge in [-0.2, -0.15) is 0 Å². The third kappa shape index (κ3) is 3.86. The van der Waals surface area contributed by atoms with Crippen molar-refractivity contribution >= 4 is 5.78 Å². The van der Waals surface area contributed by atoms with Crippen molar-refractivity contribution in [2.24, 2.45) is 5.92 Å². The summed E-state index contributed by atoms with van der Waals surface area (Å²) in [6.45, 7) is 2.37. The van der Waals surface area contributed by atoms with E-state index in [1.165, 1.54) is 0 Å². The van der Waals surface area contributed by atoms with Gasteiger partial charge in [0.2, 0.25) is 0 Å². The zero-order valence-corrected chi connectivity index (χ0v) is 10.0. The Bertz CT molecular complexity index is 344. The molecule has 1 N–H and O–H groups in total. The number of benzene rings is 1. The van der Waals surface area contributed by atoms with E-state index in [0.717, 1.165) is 31.7 Å². The molecule has 1 aromatic carbocycles. The summed E-state index contributed by atoms with van der Waals surface area (Å²) in [4.78, 5) is 11.9. The highest BCUT2D eigenvalue weighted by atomic mass is 16.5. The molecular weight excluding hydrogens is 214 g/mol. The van der Waals surface area contributed by atoms with Crippen LogP contribution in [-0.4, -0.2) is 25.5 Å². The van der Waals surface area contributed by atoms with E-state index >= 15 is 0 Å². The summed E-state index contributed by atoms with van der Waals surface area (Å²) < 4.78 is 5.53. The molecule has 0 amide bonds. The first-order valence-corrected chi connectivity index (χ1v) is 6.27. The summed E-state index contributed by atoms with van der Waals surface area (Å²) in [5.41, 5.74) is 0. The highest BCUT2D eigenvalue weighted by Gasteiger charge is 2.20. The van der Waals surface area contributed by atoms with Crippen molar-refractivity contribution in [1.29, 1.82) is 0 Å². The number of ketones is 1. The monoisotopic (exact) mass is 233 g/mol. The third-order valence-corrected chi connectivity index (χ3v) is 3.11. The quantitative estimate of drug-likeness (QED) is 0.845. The standard InChI is InChI=1S/C14H19NO2/c16-14(12-5-4-9-15-11-12)8-10-17-13-6-2-1-3-7-13/h1-3,6-7,12,15H,4-5,8-11H2. The number of piperidine rings is 1. The number of para-hydroxylation sites is 1. The molecule has 1 aliphatic rings. The van der Waals surface area contributed by atoms with Crippen molar-refractivity contribution in [2.75, 3.05) is 19.7 Å². The Morgan fingerprint density at radius 1 is 1.35 bits per heavy atom. The Morgan fingerprint density at radius 3 is 2.88 bits per heavy atom. The van der Waals surface area contributed by atoms with Crippen molar-refractivity contribution in [2.45, 2.75) is 19.3 Å². The number of Topliss-reactive ketones (excluding diaryl/α,β-unsaturated/α-hetero) is 1. The molecule has 1 heterocycles. The number of nitrogens with one attached hydrogen (secondary N) is 1. The van der Waals surface area contributed by atoms with Gasteiger partial charge >= 0.3 is 0 Å². The molecule has 2 rings (SSSR count). The highest BCUT2D eigenvalue weighted by Crippen LogP contribution is 2.14. The van der Waals surface area contributed by atoms with E-state index in [2.05, 4.69) is 5.32 Å². The van der Waals surface area contributed by atoms with Crippen LogP contribution in [0.15, 0.2) is 30.3 Å². The van der Waals surface area contributed by atoms with E-state index in [-0.39, 0.29) is 5.92 Å². The van der Waals surface area contributed by atoms with Crippen LogP contribution >= 0.6 is 0 Å². The van der Waals surface area contributed by atoms with E-state index in [9.17, 15) is 4.79 Å². The second kappa shape index (κ2) is 6.40. The molecule has 0 aromatic heterocycles. The van der Waals surface area contributed by atoms with Crippen molar-refractivity contribution in [3.8, 4) is 5.75 Å². The fourth-order valence-corrected chi connectivity index (χ4v) is 2.12. The lowest BCUT2D eigenvalue weighted by atomic mass is 9.94. The molecule has 1 atom stereocenters. The van der Waals surface area contributed by atoms with Crippen LogP contribution in [0.5, 0.6) is 5.75 Å². The maximum atomic E-state index is 11.9. The minimum absolute atomic E-state index is 0.197. The maximum Gasteiger partial charge on any atom is 0.140 e. The predicted octanol–water partition coefficient (Wildman–Crippen LogP) is 2.02. The van der Waals surface area contributed by atoms with E-state index in [1.54, 1.807) is 0 Å². The van der Waals surface area contributed by atoms with Gasteiger partial charge in [0.15, 0.2) is 0 Å². The lowest BCUT2D eigenvalue weighted by Gasteiger charge is -2.21. The minimum atomic E-state index is 0.197. The van der Waals surface area contributed by atoms with Crippen molar-refractivity contribution in [1.82, 2.24) is 5.32 Å². The molecule has 17 heavy (non-hydrogen) atoms. The Labute approximate surface area is 102 Å². The molecule has 0 aliphatic carbocycles. The van der Waals surface area contributed by atoms with E-state index in [1.807, 2.05) is 30.3 Å². The fraction of sp³-hybridized carbons (Fsp3) is 0.500. The Hall–Kier alpha value is -1.35. The van der Waals surface area contributed by atoms with Gasteiger partial charge in [0, 0.05) is 18.9 Å². The van der Waals surface area contributed by atoms with Gasteiger partial charge in [-0.25, -0.2) is 0 Å². The van der Waals surface area contributed by atoms with Gasteiger partial charge in [-0.3, -0.25) is 4.79 Å². The molecule has 1 aliphatic heterocycles. The van der Waals surface area contributed by atoms with Crippen LogP contribution in [0.4, 0.5) is 0 Å². The fourth-order valence-electron chi connectivity index (χ4n) is 2.12. The molecule has 0 spiro atoms. The van der Waals surface area contributed by atoms with Crippen molar-refractivity contribution in [3.05, 3.63) is 30.3 Å². The summed E-state index contributed by atoms with van der Waals surface area (Å²) in [6, 6.07) is 9.63. The number of hydrogen-bond acceptors (Lipinski definition) is 3. The zero-order chi connectivity index (χ0) is 11.9. The second-order valence-electron chi connectivity index (χ2n) is 4.42. The Kier molecular flexibility index (Phi) is 4.56. The van der Waals surface area contributed by atoms with Crippen LogP contribution in [0.25, 0.3) is 0 Å². The maximum absolute atomic E-state index is 11.9. The van der Waals surface area contributed by atoms with Gasteiger partial charge in [0.25, 0.3) is 0 Å². The summed E-state index contributed by atoms with van der Waals surface area (Å²) in [5, 5.41) is 3.26.